The van der Waals surface area contributed by atoms with Gasteiger partial charge in [-0.25, -0.2) is 0 Å². The van der Waals surface area contributed by atoms with Gasteiger partial charge in [-0.3, -0.25) is 0 Å². The molecule has 0 aromatic heterocycles. The lowest BCUT2D eigenvalue weighted by molar-refractivity contribution is 0.458. The normalized spacial score (nSPS) is 12.9. The van der Waals surface area contributed by atoms with Crippen molar-refractivity contribution in [1.82, 2.24) is 5.32 Å². The summed E-state index contributed by atoms with van der Waals surface area (Å²) in [6, 6.07) is 5.27. The minimum atomic E-state index is 0.141. The van der Waals surface area contributed by atoms with Crippen LogP contribution in [0.5, 0.6) is 5.75 Å². The van der Waals surface area contributed by atoms with E-state index in [0.717, 1.165) is 5.56 Å². The number of hydrogen-bond acceptors (Lipinski definition) is 2. The number of halogens is 1. The Morgan fingerprint density at radius 1 is 1.50 bits per heavy atom. The van der Waals surface area contributed by atoms with Crippen molar-refractivity contribution < 1.29 is 5.11 Å². The number of hydrogen-bond donors (Lipinski definition) is 2. The lowest BCUT2D eigenvalue weighted by Gasteiger charge is -2.11. The van der Waals surface area contributed by atoms with Gasteiger partial charge in [0.1, 0.15) is 5.75 Å². The Labute approximate surface area is 77.2 Å². The molecule has 0 saturated heterocycles. The third kappa shape index (κ3) is 1.90. The summed E-state index contributed by atoms with van der Waals surface area (Å²) in [7, 11) is 1.85. The van der Waals surface area contributed by atoms with E-state index >= 15 is 0 Å². The summed E-state index contributed by atoms with van der Waals surface area (Å²) in [5, 5.41) is 13.1. The summed E-state index contributed by atoms with van der Waals surface area (Å²) < 4.78 is 0. The van der Waals surface area contributed by atoms with E-state index in [-0.39, 0.29) is 11.8 Å². The lowest BCUT2D eigenvalue weighted by Crippen LogP contribution is -2.12. The van der Waals surface area contributed by atoms with E-state index in [0.29, 0.717) is 5.02 Å². The van der Waals surface area contributed by atoms with E-state index in [9.17, 15) is 5.11 Å². The number of phenols is 1. The summed E-state index contributed by atoms with van der Waals surface area (Å²) in [6.45, 7) is 1.98. The third-order valence-corrected chi connectivity index (χ3v) is 2.13. The largest absolute Gasteiger partial charge is 0.508 e. The molecule has 1 aromatic rings. The van der Waals surface area contributed by atoms with Crippen LogP contribution in [0.1, 0.15) is 18.5 Å². The molecule has 1 unspecified atom stereocenters. The van der Waals surface area contributed by atoms with Crippen LogP contribution in [0.4, 0.5) is 0 Å². The van der Waals surface area contributed by atoms with E-state index < -0.39 is 0 Å². The summed E-state index contributed by atoms with van der Waals surface area (Å²) in [6.07, 6.45) is 0. The molecule has 0 aliphatic rings. The molecular formula is C9H12ClNO. The predicted molar refractivity (Wildman–Crippen MR) is 50.6 cm³/mol. The topological polar surface area (TPSA) is 32.3 Å². The van der Waals surface area contributed by atoms with E-state index in [1.165, 1.54) is 0 Å². The Morgan fingerprint density at radius 2 is 2.17 bits per heavy atom. The van der Waals surface area contributed by atoms with Crippen LogP contribution in [0.3, 0.4) is 0 Å². The van der Waals surface area contributed by atoms with Crippen molar-refractivity contribution in [1.29, 1.82) is 0 Å². The highest BCUT2D eigenvalue weighted by Gasteiger charge is 2.07. The second-order valence-corrected chi connectivity index (χ2v) is 3.15. The van der Waals surface area contributed by atoms with Gasteiger partial charge in [-0.2, -0.15) is 0 Å². The van der Waals surface area contributed by atoms with Crippen LogP contribution < -0.4 is 5.32 Å². The summed E-state index contributed by atoms with van der Waals surface area (Å²) in [4.78, 5) is 0. The minimum Gasteiger partial charge on any atom is -0.508 e. The van der Waals surface area contributed by atoms with Crippen molar-refractivity contribution in [2.45, 2.75) is 13.0 Å². The fraction of sp³-hybridized carbons (Fsp3) is 0.333. The molecule has 2 nitrogen and oxygen atoms in total. The smallest absolute Gasteiger partial charge is 0.121 e. The zero-order valence-electron chi connectivity index (χ0n) is 7.13. The van der Waals surface area contributed by atoms with Gasteiger partial charge < -0.3 is 10.4 Å². The van der Waals surface area contributed by atoms with E-state index in [4.69, 9.17) is 11.6 Å². The highest BCUT2D eigenvalue weighted by molar-refractivity contribution is 6.30. The van der Waals surface area contributed by atoms with Crippen molar-refractivity contribution in [2.75, 3.05) is 7.05 Å². The fourth-order valence-electron chi connectivity index (χ4n) is 1.04. The Bertz CT molecular complexity index is 275. The van der Waals surface area contributed by atoms with Crippen molar-refractivity contribution >= 4 is 11.6 Å². The SMILES string of the molecule is CNC(C)c1ccc(Cl)cc1O. The summed E-state index contributed by atoms with van der Waals surface area (Å²) in [5.74, 6) is 0.240. The first kappa shape index (κ1) is 9.36. The molecule has 66 valence electrons. The van der Waals surface area contributed by atoms with E-state index in [1.54, 1.807) is 12.1 Å². The molecule has 0 bridgehead atoms. The van der Waals surface area contributed by atoms with Gasteiger partial charge in [0.25, 0.3) is 0 Å². The molecule has 0 fully saturated rings. The van der Waals surface area contributed by atoms with Crippen molar-refractivity contribution in [3.63, 3.8) is 0 Å². The maximum Gasteiger partial charge on any atom is 0.121 e. The van der Waals surface area contributed by atoms with Crippen molar-refractivity contribution in [3.05, 3.63) is 28.8 Å². The molecule has 12 heavy (non-hydrogen) atoms. The second-order valence-electron chi connectivity index (χ2n) is 2.71. The van der Waals surface area contributed by atoms with Crippen LogP contribution in [0.2, 0.25) is 5.02 Å². The second kappa shape index (κ2) is 3.78. The van der Waals surface area contributed by atoms with Gasteiger partial charge in [0, 0.05) is 16.6 Å². The number of benzene rings is 1. The molecule has 0 radical (unpaired) electrons. The molecule has 0 saturated carbocycles. The quantitative estimate of drug-likeness (QED) is 0.741. The zero-order chi connectivity index (χ0) is 9.14. The van der Waals surface area contributed by atoms with Crippen molar-refractivity contribution in [2.24, 2.45) is 0 Å². The maximum atomic E-state index is 9.47. The summed E-state index contributed by atoms with van der Waals surface area (Å²) in [5.41, 5.74) is 0.863. The first-order chi connectivity index (χ1) is 5.65. The van der Waals surface area contributed by atoms with Gasteiger partial charge in [-0.1, -0.05) is 17.7 Å². The monoisotopic (exact) mass is 185 g/mol. The maximum absolute atomic E-state index is 9.47. The van der Waals surface area contributed by atoms with Gasteiger partial charge in [0.05, 0.1) is 0 Å². The van der Waals surface area contributed by atoms with Gasteiger partial charge in [-0.15, -0.1) is 0 Å². The first-order valence-electron chi connectivity index (χ1n) is 3.81. The summed E-state index contributed by atoms with van der Waals surface area (Å²) >= 11 is 5.68. The van der Waals surface area contributed by atoms with Crippen LogP contribution in [-0.2, 0) is 0 Å². The molecule has 0 amide bonds. The molecule has 3 heteroatoms. The van der Waals surface area contributed by atoms with Gasteiger partial charge in [0.15, 0.2) is 0 Å². The molecule has 0 aliphatic carbocycles. The zero-order valence-corrected chi connectivity index (χ0v) is 7.89. The molecule has 1 atom stereocenters. The van der Waals surface area contributed by atoms with Crippen LogP contribution in [0.15, 0.2) is 18.2 Å². The van der Waals surface area contributed by atoms with Gasteiger partial charge >= 0.3 is 0 Å². The van der Waals surface area contributed by atoms with Crippen LogP contribution in [0, 0.1) is 0 Å². The van der Waals surface area contributed by atoms with Crippen molar-refractivity contribution in [3.8, 4) is 5.75 Å². The lowest BCUT2D eigenvalue weighted by atomic mass is 10.1. The minimum absolute atomic E-state index is 0.141. The standard InChI is InChI=1S/C9H12ClNO/c1-6(11-2)8-4-3-7(10)5-9(8)12/h3-6,11-12H,1-2H3. The number of phenolic OH excluding ortho intramolecular Hbond substituents is 1. The molecular weight excluding hydrogens is 174 g/mol. The Hall–Kier alpha value is -0.730. The Morgan fingerprint density at radius 3 is 2.67 bits per heavy atom. The predicted octanol–water partition coefficient (Wildman–Crippen LogP) is 2.33. The molecule has 0 spiro atoms. The molecule has 2 N–H and O–H groups in total. The average molecular weight is 186 g/mol. The Balaban J connectivity index is 3.01. The van der Waals surface area contributed by atoms with E-state index in [1.807, 2.05) is 20.0 Å². The molecule has 0 heterocycles. The first-order valence-corrected chi connectivity index (χ1v) is 4.18. The fourth-order valence-corrected chi connectivity index (χ4v) is 1.20. The highest BCUT2D eigenvalue weighted by Crippen LogP contribution is 2.26. The van der Waals surface area contributed by atoms with Gasteiger partial charge in [0.2, 0.25) is 0 Å². The van der Waals surface area contributed by atoms with E-state index in [2.05, 4.69) is 5.32 Å². The van der Waals surface area contributed by atoms with Gasteiger partial charge in [-0.05, 0) is 26.1 Å². The number of nitrogens with one attached hydrogen (secondary N) is 1. The van der Waals surface area contributed by atoms with Crippen LogP contribution in [-0.4, -0.2) is 12.2 Å². The van der Waals surface area contributed by atoms with Crippen LogP contribution >= 0.6 is 11.6 Å². The number of aromatic hydroxyl groups is 1. The molecule has 0 aliphatic heterocycles. The Kier molecular flexibility index (Phi) is 2.95. The molecule has 1 aromatic carbocycles. The average Bonchev–Trinajstić information content (AvgIpc) is 2.03. The van der Waals surface area contributed by atoms with Crippen LogP contribution in [0.25, 0.3) is 0 Å². The molecule has 1 rings (SSSR count). The number of rotatable bonds is 2. The highest BCUT2D eigenvalue weighted by atomic mass is 35.5. The third-order valence-electron chi connectivity index (χ3n) is 1.89.